The van der Waals surface area contributed by atoms with Crippen molar-refractivity contribution >= 4 is 39.2 Å². The minimum absolute atomic E-state index is 0.0687. The average Bonchev–Trinajstić information content (AvgIpc) is 2.97. The summed E-state index contributed by atoms with van der Waals surface area (Å²) in [5.41, 5.74) is 0.610. The second kappa shape index (κ2) is 7.75. The number of hydrogen-bond acceptors (Lipinski definition) is 6. The van der Waals surface area contributed by atoms with Gasteiger partial charge in [0.1, 0.15) is 4.70 Å². The fourth-order valence-corrected chi connectivity index (χ4v) is 3.56. The maximum Gasteiger partial charge on any atom is 0.271 e. The van der Waals surface area contributed by atoms with E-state index in [1.165, 1.54) is 27.7 Å². The average molecular weight is 341 g/mol. The fourth-order valence-electron chi connectivity index (χ4n) is 1.86. The minimum atomic E-state index is -0.322. The first-order valence-electron chi connectivity index (χ1n) is 6.92. The molecule has 2 aromatic rings. The summed E-state index contributed by atoms with van der Waals surface area (Å²) < 4.78 is 7.08. The van der Waals surface area contributed by atoms with Gasteiger partial charge >= 0.3 is 0 Å². The third-order valence-corrected chi connectivity index (χ3v) is 5.16. The Labute approximate surface area is 136 Å². The number of rotatable bonds is 7. The van der Waals surface area contributed by atoms with Crippen molar-refractivity contribution in [3.8, 4) is 0 Å². The van der Waals surface area contributed by atoms with Crippen molar-refractivity contribution in [1.29, 1.82) is 0 Å². The monoisotopic (exact) mass is 341 g/mol. The maximum absolute atomic E-state index is 12.2. The SMILES string of the molecule is COCCCNC(=O)C(C)Sc1nc2ccsc2c(=O)n1C. The number of fused-ring (bicyclic) bond motifs is 1. The van der Waals surface area contributed by atoms with Gasteiger partial charge in [0.05, 0.1) is 10.8 Å². The summed E-state index contributed by atoms with van der Waals surface area (Å²) in [5, 5.41) is 4.93. The van der Waals surface area contributed by atoms with Crippen LogP contribution in [0.15, 0.2) is 21.4 Å². The third kappa shape index (κ3) is 3.88. The molecule has 1 N–H and O–H groups in total. The van der Waals surface area contributed by atoms with Crippen molar-refractivity contribution < 1.29 is 9.53 Å². The molecule has 0 saturated heterocycles. The normalized spacial score (nSPS) is 12.5. The molecule has 8 heteroatoms. The largest absolute Gasteiger partial charge is 0.385 e. The van der Waals surface area contributed by atoms with Crippen LogP contribution in [0, 0.1) is 0 Å². The standard InChI is InChI=1S/C14H19N3O3S2/c1-9(12(18)15-6-4-7-20-3)22-14-16-10-5-8-21-11(10)13(19)17(14)2/h5,8-9H,4,6-7H2,1-3H3,(H,15,18). The lowest BCUT2D eigenvalue weighted by atomic mass is 10.4. The maximum atomic E-state index is 12.2. The van der Waals surface area contributed by atoms with Crippen LogP contribution in [-0.2, 0) is 16.6 Å². The Morgan fingerprint density at radius 2 is 2.36 bits per heavy atom. The number of hydrogen-bond donors (Lipinski definition) is 1. The number of carbonyl (C=O) groups excluding carboxylic acids is 1. The molecule has 2 rings (SSSR count). The van der Waals surface area contributed by atoms with Crippen LogP contribution in [0.25, 0.3) is 10.2 Å². The molecule has 1 amide bonds. The second-order valence-electron chi connectivity index (χ2n) is 4.79. The van der Waals surface area contributed by atoms with E-state index in [2.05, 4.69) is 10.3 Å². The van der Waals surface area contributed by atoms with E-state index >= 15 is 0 Å². The molecular formula is C14H19N3O3S2. The van der Waals surface area contributed by atoms with Gasteiger partial charge < -0.3 is 10.1 Å². The topological polar surface area (TPSA) is 73.2 Å². The van der Waals surface area contributed by atoms with Crippen LogP contribution in [0.1, 0.15) is 13.3 Å². The highest BCUT2D eigenvalue weighted by molar-refractivity contribution is 8.00. The van der Waals surface area contributed by atoms with Gasteiger partial charge in [-0.05, 0) is 24.8 Å². The van der Waals surface area contributed by atoms with E-state index in [0.717, 1.165) is 6.42 Å². The lowest BCUT2D eigenvalue weighted by Crippen LogP contribution is -2.32. The predicted octanol–water partition coefficient (Wildman–Crippen LogP) is 1.63. The Hall–Kier alpha value is -1.38. The van der Waals surface area contributed by atoms with Gasteiger partial charge in [0.15, 0.2) is 5.16 Å². The summed E-state index contributed by atoms with van der Waals surface area (Å²) in [7, 11) is 3.31. The van der Waals surface area contributed by atoms with Crippen molar-refractivity contribution in [2.75, 3.05) is 20.3 Å². The molecule has 0 saturated carbocycles. The van der Waals surface area contributed by atoms with E-state index in [-0.39, 0.29) is 16.7 Å². The molecule has 1 unspecified atom stereocenters. The molecule has 0 aliphatic carbocycles. The van der Waals surface area contributed by atoms with Crippen LogP contribution in [0.3, 0.4) is 0 Å². The van der Waals surface area contributed by atoms with Gasteiger partial charge in [-0.15, -0.1) is 11.3 Å². The van der Waals surface area contributed by atoms with Gasteiger partial charge in [0, 0.05) is 27.3 Å². The molecule has 0 aromatic carbocycles. The molecule has 2 aromatic heterocycles. The first kappa shape index (κ1) is 17.0. The van der Waals surface area contributed by atoms with E-state index < -0.39 is 0 Å². The Balaban J connectivity index is 2.05. The first-order chi connectivity index (χ1) is 10.5. The predicted molar refractivity (Wildman–Crippen MR) is 89.7 cm³/mol. The van der Waals surface area contributed by atoms with Crippen LogP contribution in [-0.4, -0.2) is 41.0 Å². The number of aromatic nitrogens is 2. The number of ether oxygens (including phenoxy) is 1. The molecule has 0 aliphatic heterocycles. The highest BCUT2D eigenvalue weighted by atomic mass is 32.2. The molecular weight excluding hydrogens is 322 g/mol. The van der Waals surface area contributed by atoms with Crippen molar-refractivity contribution in [2.24, 2.45) is 7.05 Å². The molecule has 0 fully saturated rings. The van der Waals surface area contributed by atoms with Gasteiger partial charge in [0.2, 0.25) is 5.91 Å². The van der Waals surface area contributed by atoms with Crippen LogP contribution in [0.5, 0.6) is 0 Å². The molecule has 0 spiro atoms. The number of nitrogens with zero attached hydrogens (tertiary/aromatic N) is 2. The van der Waals surface area contributed by atoms with Gasteiger partial charge in [-0.1, -0.05) is 11.8 Å². The zero-order valence-electron chi connectivity index (χ0n) is 12.8. The van der Waals surface area contributed by atoms with Crippen LogP contribution < -0.4 is 10.9 Å². The second-order valence-corrected chi connectivity index (χ2v) is 7.02. The number of thiophene rings is 1. The summed E-state index contributed by atoms with van der Waals surface area (Å²) in [6.07, 6.45) is 0.775. The highest BCUT2D eigenvalue weighted by Crippen LogP contribution is 2.23. The molecule has 120 valence electrons. The van der Waals surface area contributed by atoms with E-state index in [4.69, 9.17) is 4.74 Å². The van der Waals surface area contributed by atoms with Gasteiger partial charge in [-0.25, -0.2) is 4.98 Å². The number of nitrogens with one attached hydrogen (secondary N) is 1. The van der Waals surface area contributed by atoms with E-state index in [1.54, 1.807) is 21.1 Å². The molecule has 0 radical (unpaired) electrons. The zero-order chi connectivity index (χ0) is 16.1. The Bertz CT molecular complexity index is 711. The Kier molecular flexibility index (Phi) is 5.98. The van der Waals surface area contributed by atoms with E-state index in [9.17, 15) is 9.59 Å². The van der Waals surface area contributed by atoms with Gasteiger partial charge in [-0.2, -0.15) is 0 Å². The molecule has 22 heavy (non-hydrogen) atoms. The molecule has 6 nitrogen and oxygen atoms in total. The summed E-state index contributed by atoms with van der Waals surface area (Å²) in [6, 6.07) is 1.82. The van der Waals surface area contributed by atoms with E-state index in [0.29, 0.717) is 28.5 Å². The third-order valence-electron chi connectivity index (χ3n) is 3.12. The van der Waals surface area contributed by atoms with Crippen molar-refractivity contribution in [3.05, 3.63) is 21.8 Å². The molecule has 2 heterocycles. The van der Waals surface area contributed by atoms with Crippen molar-refractivity contribution in [2.45, 2.75) is 23.8 Å². The summed E-state index contributed by atoms with van der Waals surface area (Å²) in [4.78, 5) is 28.7. The molecule has 0 bridgehead atoms. The summed E-state index contributed by atoms with van der Waals surface area (Å²) in [6.45, 7) is 3.00. The van der Waals surface area contributed by atoms with Crippen LogP contribution >= 0.6 is 23.1 Å². The zero-order valence-corrected chi connectivity index (χ0v) is 14.4. The molecule has 0 aliphatic rings. The minimum Gasteiger partial charge on any atom is -0.385 e. The van der Waals surface area contributed by atoms with Gasteiger partial charge in [0.25, 0.3) is 5.56 Å². The Morgan fingerprint density at radius 3 is 3.09 bits per heavy atom. The molecule has 1 atom stereocenters. The number of amides is 1. The quantitative estimate of drug-likeness (QED) is 0.471. The number of methoxy groups -OCH3 is 1. The van der Waals surface area contributed by atoms with Crippen LogP contribution in [0.2, 0.25) is 0 Å². The van der Waals surface area contributed by atoms with Crippen molar-refractivity contribution in [1.82, 2.24) is 14.9 Å². The lowest BCUT2D eigenvalue weighted by molar-refractivity contribution is -0.120. The van der Waals surface area contributed by atoms with Crippen LogP contribution in [0.4, 0.5) is 0 Å². The Morgan fingerprint density at radius 1 is 1.59 bits per heavy atom. The number of carbonyl (C=O) groups is 1. The van der Waals surface area contributed by atoms with Gasteiger partial charge in [-0.3, -0.25) is 14.2 Å². The summed E-state index contributed by atoms with van der Waals surface area (Å²) >= 11 is 2.67. The smallest absolute Gasteiger partial charge is 0.271 e. The fraction of sp³-hybridized carbons (Fsp3) is 0.500. The first-order valence-corrected chi connectivity index (χ1v) is 8.68. The van der Waals surface area contributed by atoms with Crippen molar-refractivity contribution in [3.63, 3.8) is 0 Å². The lowest BCUT2D eigenvalue weighted by Gasteiger charge is -2.13. The highest BCUT2D eigenvalue weighted by Gasteiger charge is 2.18. The summed E-state index contributed by atoms with van der Waals surface area (Å²) in [5.74, 6) is -0.0687. The van der Waals surface area contributed by atoms with E-state index in [1.807, 2.05) is 11.4 Å². The number of thioether (sulfide) groups is 1.